The van der Waals surface area contributed by atoms with Crippen LogP contribution in [0.4, 0.5) is 10.2 Å². The Balaban J connectivity index is 1.82. The fraction of sp³-hybridized carbons (Fsp3) is 0.250. The van der Waals surface area contributed by atoms with Gasteiger partial charge in [0.25, 0.3) is 5.56 Å². The molecule has 0 atom stereocenters. The quantitative estimate of drug-likeness (QED) is 0.576. The number of fused-ring (bicyclic) bond motifs is 3. The number of carbonyl (C=O) groups is 1. The largest absolute Gasteiger partial charge is 0.309 e. The maximum atomic E-state index is 13.1. The number of pyridine rings is 2. The van der Waals surface area contributed by atoms with Gasteiger partial charge in [0.05, 0.1) is 17.3 Å². The van der Waals surface area contributed by atoms with Crippen molar-refractivity contribution in [3.63, 3.8) is 0 Å². The summed E-state index contributed by atoms with van der Waals surface area (Å²) in [7, 11) is 0. The summed E-state index contributed by atoms with van der Waals surface area (Å²) in [5.74, 6) is -0.765. The van der Waals surface area contributed by atoms with Crippen LogP contribution in [0.5, 0.6) is 0 Å². The number of rotatable bonds is 3. The van der Waals surface area contributed by atoms with Crippen molar-refractivity contribution in [2.45, 2.75) is 32.7 Å². The monoisotopic (exact) mass is 394 g/mol. The molecule has 0 unspecified atom stereocenters. The number of halogens is 1. The van der Waals surface area contributed by atoms with Gasteiger partial charge in [0.2, 0.25) is 5.91 Å². The second-order valence-electron chi connectivity index (χ2n) is 7.73. The number of hydrogen-bond acceptors (Lipinski definition) is 5. The first-order valence-corrected chi connectivity index (χ1v) is 9.03. The van der Waals surface area contributed by atoms with E-state index in [0.717, 1.165) is 11.9 Å². The van der Waals surface area contributed by atoms with Gasteiger partial charge in [-0.15, -0.1) is 0 Å². The summed E-state index contributed by atoms with van der Waals surface area (Å²) in [6.07, 6.45) is 2.60. The molecule has 0 aliphatic carbocycles. The van der Waals surface area contributed by atoms with Crippen molar-refractivity contribution in [1.29, 1.82) is 0 Å². The zero-order chi connectivity index (χ0) is 20.8. The lowest BCUT2D eigenvalue weighted by Crippen LogP contribution is -2.29. The van der Waals surface area contributed by atoms with Crippen molar-refractivity contribution in [3.05, 3.63) is 64.6 Å². The Labute approximate surface area is 165 Å². The van der Waals surface area contributed by atoms with Crippen LogP contribution in [-0.2, 0) is 16.8 Å². The topological polar surface area (TPSA) is 94.2 Å². The standard InChI is InChI=1S/C20H19FN6O2/c1-20(2,3)14-9-17-26(11-16(28)24-15-7-6-12(21)10-23-15)19(29)13-5-4-8-22-18(13)27(17)25-14/h4-10H,11H2,1-3H3,(H,23,24,28). The third kappa shape index (κ3) is 3.46. The molecule has 29 heavy (non-hydrogen) atoms. The van der Waals surface area contributed by atoms with Crippen LogP contribution in [0.3, 0.4) is 0 Å². The fourth-order valence-electron chi connectivity index (χ4n) is 3.00. The first kappa shape index (κ1) is 18.7. The Bertz CT molecular complexity index is 1280. The number of nitrogens with zero attached hydrogens (tertiary/aromatic N) is 5. The normalized spacial score (nSPS) is 11.9. The molecule has 4 aromatic rings. The molecule has 0 bridgehead atoms. The van der Waals surface area contributed by atoms with E-state index >= 15 is 0 Å². The Hall–Kier alpha value is -3.62. The highest BCUT2D eigenvalue weighted by Gasteiger charge is 2.22. The van der Waals surface area contributed by atoms with E-state index in [-0.39, 0.29) is 23.3 Å². The van der Waals surface area contributed by atoms with Crippen molar-refractivity contribution in [2.75, 3.05) is 5.32 Å². The van der Waals surface area contributed by atoms with Gasteiger partial charge in [-0.05, 0) is 24.3 Å². The van der Waals surface area contributed by atoms with Crippen LogP contribution in [0, 0.1) is 5.82 Å². The van der Waals surface area contributed by atoms with Gasteiger partial charge in [0.1, 0.15) is 23.8 Å². The van der Waals surface area contributed by atoms with E-state index in [1.807, 2.05) is 20.8 Å². The van der Waals surface area contributed by atoms with E-state index in [1.165, 1.54) is 16.7 Å². The molecule has 0 saturated carbocycles. The first-order chi connectivity index (χ1) is 13.7. The van der Waals surface area contributed by atoms with Gasteiger partial charge in [-0.3, -0.25) is 14.2 Å². The van der Waals surface area contributed by atoms with Crippen molar-refractivity contribution in [2.24, 2.45) is 0 Å². The highest BCUT2D eigenvalue weighted by atomic mass is 19.1. The van der Waals surface area contributed by atoms with Crippen LogP contribution in [0.25, 0.3) is 16.7 Å². The zero-order valence-corrected chi connectivity index (χ0v) is 16.2. The fourth-order valence-corrected chi connectivity index (χ4v) is 3.00. The first-order valence-electron chi connectivity index (χ1n) is 9.03. The predicted molar refractivity (Wildman–Crippen MR) is 106 cm³/mol. The third-order valence-corrected chi connectivity index (χ3v) is 4.49. The molecule has 8 nitrogen and oxygen atoms in total. The van der Waals surface area contributed by atoms with Crippen molar-refractivity contribution >= 4 is 28.4 Å². The highest BCUT2D eigenvalue weighted by Crippen LogP contribution is 2.23. The third-order valence-electron chi connectivity index (χ3n) is 4.49. The van der Waals surface area contributed by atoms with E-state index in [2.05, 4.69) is 20.4 Å². The van der Waals surface area contributed by atoms with E-state index in [0.29, 0.717) is 16.7 Å². The Kier molecular flexibility index (Phi) is 4.37. The molecule has 1 amide bonds. The molecule has 0 radical (unpaired) electrons. The second-order valence-corrected chi connectivity index (χ2v) is 7.73. The molecule has 9 heteroatoms. The number of amides is 1. The lowest BCUT2D eigenvalue weighted by Gasteiger charge is -2.13. The van der Waals surface area contributed by atoms with Gasteiger partial charge in [0.15, 0.2) is 5.65 Å². The maximum Gasteiger partial charge on any atom is 0.263 e. The molecule has 0 aliphatic heterocycles. The minimum absolute atomic E-state index is 0.201. The van der Waals surface area contributed by atoms with Crippen LogP contribution < -0.4 is 10.9 Å². The summed E-state index contributed by atoms with van der Waals surface area (Å²) in [6, 6.07) is 7.65. The molecule has 0 fully saturated rings. The number of carbonyl (C=O) groups excluding carboxylic acids is 1. The average Bonchev–Trinajstić information content (AvgIpc) is 3.13. The lowest BCUT2D eigenvalue weighted by atomic mass is 9.93. The summed E-state index contributed by atoms with van der Waals surface area (Å²) < 4.78 is 15.9. The van der Waals surface area contributed by atoms with Gasteiger partial charge in [-0.2, -0.15) is 9.61 Å². The molecule has 4 aromatic heterocycles. The molecule has 0 spiro atoms. The molecule has 4 heterocycles. The highest BCUT2D eigenvalue weighted by molar-refractivity contribution is 5.90. The van der Waals surface area contributed by atoms with Crippen molar-refractivity contribution < 1.29 is 9.18 Å². The molecule has 1 N–H and O–H groups in total. The minimum Gasteiger partial charge on any atom is -0.309 e. The smallest absolute Gasteiger partial charge is 0.263 e. The molecule has 0 aliphatic rings. The van der Waals surface area contributed by atoms with E-state index < -0.39 is 11.7 Å². The van der Waals surface area contributed by atoms with Crippen LogP contribution in [-0.4, -0.2) is 30.1 Å². The average molecular weight is 394 g/mol. The van der Waals surface area contributed by atoms with E-state index in [1.54, 1.807) is 28.9 Å². The minimum atomic E-state index is -0.503. The van der Waals surface area contributed by atoms with E-state index in [4.69, 9.17) is 0 Å². The Morgan fingerprint density at radius 1 is 1.21 bits per heavy atom. The number of aromatic nitrogens is 5. The molecule has 148 valence electrons. The van der Waals surface area contributed by atoms with Crippen molar-refractivity contribution in [1.82, 2.24) is 24.1 Å². The number of hydrogen-bond donors (Lipinski definition) is 1. The molecule has 0 aromatic carbocycles. The van der Waals surface area contributed by atoms with Crippen LogP contribution in [0.15, 0.2) is 47.5 Å². The van der Waals surface area contributed by atoms with Gasteiger partial charge in [-0.25, -0.2) is 14.4 Å². The molecule has 4 rings (SSSR count). The van der Waals surface area contributed by atoms with Crippen molar-refractivity contribution in [3.8, 4) is 0 Å². The summed E-state index contributed by atoms with van der Waals surface area (Å²) in [5.41, 5.74) is 1.06. The van der Waals surface area contributed by atoms with Gasteiger partial charge in [-0.1, -0.05) is 20.8 Å². The Morgan fingerprint density at radius 3 is 2.69 bits per heavy atom. The summed E-state index contributed by atoms with van der Waals surface area (Å²) in [4.78, 5) is 33.7. The predicted octanol–water partition coefficient (Wildman–Crippen LogP) is 2.51. The molecular weight excluding hydrogens is 375 g/mol. The Morgan fingerprint density at radius 2 is 2.00 bits per heavy atom. The van der Waals surface area contributed by atoms with Crippen LogP contribution in [0.2, 0.25) is 0 Å². The van der Waals surface area contributed by atoms with Gasteiger partial charge >= 0.3 is 0 Å². The molecule has 0 saturated heterocycles. The van der Waals surface area contributed by atoms with Gasteiger partial charge < -0.3 is 5.32 Å². The summed E-state index contributed by atoms with van der Waals surface area (Å²) in [5, 5.41) is 7.55. The lowest BCUT2D eigenvalue weighted by molar-refractivity contribution is -0.116. The van der Waals surface area contributed by atoms with Crippen LogP contribution >= 0.6 is 0 Å². The number of anilines is 1. The van der Waals surface area contributed by atoms with Gasteiger partial charge in [0, 0.05) is 17.7 Å². The second kappa shape index (κ2) is 6.77. The number of nitrogens with one attached hydrogen (secondary N) is 1. The van der Waals surface area contributed by atoms with Crippen LogP contribution in [0.1, 0.15) is 26.5 Å². The molecular formula is C20H19FN6O2. The zero-order valence-electron chi connectivity index (χ0n) is 16.2. The summed E-state index contributed by atoms with van der Waals surface area (Å²) >= 11 is 0. The van der Waals surface area contributed by atoms with E-state index in [9.17, 15) is 14.0 Å². The summed E-state index contributed by atoms with van der Waals surface area (Å²) in [6.45, 7) is 5.79. The maximum absolute atomic E-state index is 13.1. The SMILES string of the molecule is CC(C)(C)c1cc2n(CC(=O)Nc3ccc(F)cn3)c(=O)c3cccnc3n2n1.